The van der Waals surface area contributed by atoms with E-state index in [-0.39, 0.29) is 71.0 Å². The molecule has 22 heteroatoms. The van der Waals surface area contributed by atoms with E-state index in [0.717, 1.165) is 0 Å². The van der Waals surface area contributed by atoms with Gasteiger partial charge >= 0.3 is 38.2 Å². The first-order valence-electron chi connectivity index (χ1n) is 1.85. The molecule has 18 nitrogen and oxygen atoms in total. The zero-order valence-electron chi connectivity index (χ0n) is 9.35. The first-order chi connectivity index (χ1) is 6.00. The second-order valence-corrected chi connectivity index (χ2v) is 3.40. The van der Waals surface area contributed by atoms with Gasteiger partial charge in [0.2, 0.25) is 0 Å². The zero-order valence-corrected chi connectivity index (χ0v) is 13.6. The second-order valence-electron chi connectivity index (χ2n) is 1.13. The third-order valence-corrected chi connectivity index (χ3v) is 0. The molecule has 12 N–H and O–H groups in total. The molecule has 151 valence electrons. The van der Waals surface area contributed by atoms with Crippen LogP contribution in [-0.2, 0) is 0 Å². The minimum Gasteiger partial charge on any atom is -0.412 e. The summed E-state index contributed by atoms with van der Waals surface area (Å²) in [5.74, 6) is 0. The molecular formula is H12Cl3DyO18. The molecule has 0 spiro atoms. The van der Waals surface area contributed by atoms with Crippen molar-refractivity contribution in [2.75, 3.05) is 0 Å². The van der Waals surface area contributed by atoms with Gasteiger partial charge < -0.3 is 32.9 Å². The van der Waals surface area contributed by atoms with E-state index in [1.165, 1.54) is 0 Å². The predicted octanol–water partition coefficient (Wildman–Crippen LogP) is -19.2. The smallest absolute Gasteiger partial charge is 0.412 e. The fourth-order valence-corrected chi connectivity index (χ4v) is 0. The summed E-state index contributed by atoms with van der Waals surface area (Å²) in [4.78, 5) is 0. The van der Waals surface area contributed by atoms with Crippen molar-refractivity contribution in [3.63, 3.8) is 0 Å². The van der Waals surface area contributed by atoms with Crippen molar-refractivity contribution in [1.82, 2.24) is 0 Å². The molecule has 0 unspecified atom stereocenters. The van der Waals surface area contributed by atoms with Crippen molar-refractivity contribution in [3.8, 4) is 0 Å². The van der Waals surface area contributed by atoms with E-state index in [2.05, 4.69) is 0 Å². The van der Waals surface area contributed by atoms with Crippen molar-refractivity contribution in [2.45, 2.75) is 0 Å². The van der Waals surface area contributed by atoms with Crippen LogP contribution in [0.2, 0.25) is 0 Å². The Hall–Kier alpha value is 1.42. The van der Waals surface area contributed by atoms with Crippen molar-refractivity contribution < 1.29 is 158 Å². The van der Waals surface area contributed by atoms with Crippen molar-refractivity contribution in [2.24, 2.45) is 0 Å². The Morgan fingerprint density at radius 2 is 0.273 bits per heavy atom. The van der Waals surface area contributed by atoms with Gasteiger partial charge in [-0.05, 0) is 0 Å². The van der Waals surface area contributed by atoms with E-state index in [1.54, 1.807) is 0 Å². The van der Waals surface area contributed by atoms with Crippen LogP contribution >= 0.6 is 0 Å². The summed E-state index contributed by atoms with van der Waals surface area (Å²) in [6.45, 7) is 0. The average Bonchev–Trinajstić information content (AvgIpc) is 1.41. The quantitative estimate of drug-likeness (QED) is 0.262. The molecule has 22 heavy (non-hydrogen) atoms. The van der Waals surface area contributed by atoms with Crippen LogP contribution in [0.15, 0.2) is 0 Å². The fraction of sp³-hybridized carbons (Fsp3) is 0. The Balaban J connectivity index is -0.0000000106. The van der Waals surface area contributed by atoms with Gasteiger partial charge in [0.25, 0.3) is 0 Å². The maximum Gasteiger partial charge on any atom is 3.00 e. The molecule has 0 aliphatic carbocycles. The van der Waals surface area contributed by atoms with Crippen LogP contribution in [0.5, 0.6) is 0 Å². The van der Waals surface area contributed by atoms with Crippen LogP contribution in [0.25, 0.3) is 0 Å². The van der Waals surface area contributed by atoms with Gasteiger partial charge in [-0.2, -0.15) is 0 Å². The predicted molar refractivity (Wildman–Crippen MR) is 21.7 cm³/mol. The van der Waals surface area contributed by atoms with Gasteiger partial charge in [0.05, 0.1) is 0 Å². The maximum absolute atomic E-state index is 8.49. The largest absolute Gasteiger partial charge is 3.00 e. The zero-order chi connectivity index (χ0) is 13.5. The van der Waals surface area contributed by atoms with E-state index >= 15 is 0 Å². The van der Waals surface area contributed by atoms with E-state index in [9.17, 15) is 0 Å². The molecule has 0 aromatic rings. The van der Waals surface area contributed by atoms with Crippen LogP contribution in [0.1, 0.15) is 0 Å². The fourth-order valence-electron chi connectivity index (χ4n) is 0. The summed E-state index contributed by atoms with van der Waals surface area (Å²) in [5, 5.41) is 0. The molecule has 0 saturated heterocycles. The monoisotopic (exact) mass is 569 g/mol. The molecule has 0 rings (SSSR count). The van der Waals surface area contributed by atoms with E-state index in [4.69, 9.17) is 55.9 Å². The molecular weight excluding hydrogens is 557 g/mol. The maximum atomic E-state index is 8.49. The molecule has 0 heterocycles. The van der Waals surface area contributed by atoms with Crippen LogP contribution in [0, 0.1) is 68.9 Å². The Bertz CT molecular complexity index is 93.4. The molecule has 0 aromatic heterocycles. The third-order valence-electron chi connectivity index (χ3n) is 0. The molecule has 0 aliphatic heterocycles. The molecule has 1 radical (unpaired) electrons. The summed E-state index contributed by atoms with van der Waals surface area (Å²) in [6, 6.07) is 0. The molecule has 0 atom stereocenters. The number of hydrogen-bond acceptors (Lipinski definition) is 12. The van der Waals surface area contributed by atoms with Gasteiger partial charge in [-0.3, -0.25) is 0 Å². The summed E-state index contributed by atoms with van der Waals surface area (Å²) in [6.07, 6.45) is 0. The number of hydrogen-bond donors (Lipinski definition) is 0. The van der Waals surface area contributed by atoms with Gasteiger partial charge in [0.15, 0.2) is 0 Å². The van der Waals surface area contributed by atoms with Gasteiger partial charge in [-0.1, -0.05) is 0 Å². The van der Waals surface area contributed by atoms with E-state index in [1.807, 2.05) is 0 Å². The molecule has 0 aliphatic rings. The first-order valence-corrected chi connectivity index (χ1v) is 5.55. The van der Waals surface area contributed by atoms with Gasteiger partial charge in [0, 0.05) is 0 Å². The van der Waals surface area contributed by atoms with E-state index < -0.39 is 30.7 Å². The minimum atomic E-state index is -4.94. The summed E-state index contributed by atoms with van der Waals surface area (Å²) in [7, 11) is -14.8. The summed E-state index contributed by atoms with van der Waals surface area (Å²) < 4.78 is 102. The SMILES string of the molecule is O.O.O.O.O.O.[Dy+3].[O-][Cl+3]([O-])([O-])[O-].[O-][Cl+3]([O-])([O-])[O-].[O-][Cl+3]([O-])([O-])[O-]. The first kappa shape index (κ1) is 65.4. The van der Waals surface area contributed by atoms with Crippen molar-refractivity contribution in [3.05, 3.63) is 0 Å². The van der Waals surface area contributed by atoms with Crippen LogP contribution < -0.4 is 55.9 Å². The topological polar surface area (TPSA) is 466 Å². The summed E-state index contributed by atoms with van der Waals surface area (Å²) in [5.41, 5.74) is 0. The minimum absolute atomic E-state index is 0. The Kier molecular flexibility index (Phi) is 81.0. The molecule has 0 saturated carbocycles. The van der Waals surface area contributed by atoms with Crippen LogP contribution in [0.4, 0.5) is 0 Å². The molecule has 0 aromatic carbocycles. The second kappa shape index (κ2) is 27.3. The Morgan fingerprint density at radius 3 is 0.273 bits per heavy atom. The number of rotatable bonds is 0. The number of halogens is 3. The van der Waals surface area contributed by atoms with Gasteiger partial charge in [0.1, 0.15) is 0 Å². The Labute approximate surface area is 157 Å². The van der Waals surface area contributed by atoms with Gasteiger partial charge in [-0.25, -0.2) is 55.9 Å². The van der Waals surface area contributed by atoms with Crippen molar-refractivity contribution >= 4 is 0 Å². The van der Waals surface area contributed by atoms with Gasteiger partial charge in [-0.15, -0.1) is 30.7 Å². The van der Waals surface area contributed by atoms with Crippen LogP contribution in [0.3, 0.4) is 0 Å². The third kappa shape index (κ3) is 4410. The molecule has 0 bridgehead atoms. The normalized spacial score (nSPS) is 8.18. The standard InChI is InChI=1S/3ClHO4.Dy.6H2O/c3*2-1(3,4)5;;;;;;;/h3*(H,2,3,4,5);;6*1H2/q;;;+3;;;;;;/p-3. The molecule has 0 fully saturated rings. The average molecular weight is 569 g/mol. The summed E-state index contributed by atoms with van der Waals surface area (Å²) >= 11 is 0. The van der Waals surface area contributed by atoms with Crippen molar-refractivity contribution in [1.29, 1.82) is 0 Å². The Morgan fingerprint density at radius 1 is 0.273 bits per heavy atom. The van der Waals surface area contributed by atoms with Crippen LogP contribution in [-0.4, -0.2) is 32.9 Å². The van der Waals surface area contributed by atoms with E-state index in [0.29, 0.717) is 0 Å². The molecule has 0 amide bonds.